The molecular weight excluding hydrogens is 458 g/mol. The number of nitrogens with zero attached hydrogens (tertiary/aromatic N) is 2. The van der Waals surface area contributed by atoms with Crippen LogP contribution in [0.1, 0.15) is 76.3 Å². The standard InChI is InChI=1S/C24H31N3O6S/c1-24(2,34)15-20(28)26-25-19-7-4-3-6-16-14-17(9-10-18(16)19)32-13-5-8-23(31)33-27-21(29)11-12-22(27)30/h9-10,14,34H,3-8,11-13,15H2,1-2H3,(H,26,28)/b25-19+. The number of carbonyl (C=O) groups is 4. The first-order valence-electron chi connectivity index (χ1n) is 11.5. The number of thiol groups is 1. The highest BCUT2D eigenvalue weighted by Gasteiger charge is 2.32. The molecule has 1 N–H and O–H groups in total. The maximum absolute atomic E-state index is 12.1. The number of nitrogens with one attached hydrogen (secondary N) is 1. The molecule has 3 amide bonds. The number of imide groups is 1. The van der Waals surface area contributed by atoms with E-state index in [1.807, 2.05) is 32.0 Å². The number of hydroxylamine groups is 2. The van der Waals surface area contributed by atoms with Crippen LogP contribution in [0.15, 0.2) is 23.3 Å². The number of fused-ring (bicyclic) bond motifs is 1. The first-order valence-corrected chi connectivity index (χ1v) is 12.0. The number of hydrazone groups is 1. The number of ether oxygens (including phenoxy) is 1. The maximum Gasteiger partial charge on any atom is 0.333 e. The Morgan fingerprint density at radius 2 is 1.82 bits per heavy atom. The van der Waals surface area contributed by atoms with Gasteiger partial charge in [-0.25, -0.2) is 10.2 Å². The number of rotatable bonds is 9. The zero-order valence-corrected chi connectivity index (χ0v) is 20.5. The molecule has 1 heterocycles. The number of aryl methyl sites for hydroxylation is 1. The lowest BCUT2D eigenvalue weighted by atomic mass is 10.0. The molecule has 1 saturated heterocycles. The van der Waals surface area contributed by atoms with E-state index in [4.69, 9.17) is 9.57 Å². The molecule has 0 spiro atoms. The smallest absolute Gasteiger partial charge is 0.333 e. The summed E-state index contributed by atoms with van der Waals surface area (Å²) in [7, 11) is 0. The van der Waals surface area contributed by atoms with Crippen molar-refractivity contribution in [1.29, 1.82) is 0 Å². The molecule has 0 aromatic heterocycles. The Morgan fingerprint density at radius 1 is 1.12 bits per heavy atom. The first kappa shape index (κ1) is 25.7. The molecule has 0 radical (unpaired) electrons. The minimum Gasteiger partial charge on any atom is -0.494 e. The van der Waals surface area contributed by atoms with Crippen LogP contribution in [0.3, 0.4) is 0 Å². The number of amides is 3. The van der Waals surface area contributed by atoms with Gasteiger partial charge in [0.2, 0.25) is 5.91 Å². The van der Waals surface area contributed by atoms with Crippen LogP contribution in [-0.2, 0) is 30.4 Å². The summed E-state index contributed by atoms with van der Waals surface area (Å²) in [5.41, 5.74) is 5.60. The highest BCUT2D eigenvalue weighted by molar-refractivity contribution is 7.81. The molecule has 1 aromatic rings. The number of hydrogen-bond donors (Lipinski definition) is 2. The molecule has 1 aromatic carbocycles. The third-order valence-corrected chi connectivity index (χ3v) is 5.56. The zero-order valence-electron chi connectivity index (χ0n) is 19.6. The minimum absolute atomic E-state index is 0.0294. The van der Waals surface area contributed by atoms with E-state index in [9.17, 15) is 19.2 Å². The molecule has 184 valence electrons. The fourth-order valence-electron chi connectivity index (χ4n) is 3.78. The van der Waals surface area contributed by atoms with Crippen molar-refractivity contribution in [1.82, 2.24) is 10.5 Å². The number of benzene rings is 1. The maximum atomic E-state index is 12.1. The van der Waals surface area contributed by atoms with E-state index in [1.54, 1.807) is 0 Å². The van der Waals surface area contributed by atoms with Crippen LogP contribution in [0.5, 0.6) is 5.75 Å². The third kappa shape index (κ3) is 7.58. The van der Waals surface area contributed by atoms with Gasteiger partial charge in [-0.05, 0) is 55.9 Å². The van der Waals surface area contributed by atoms with E-state index in [0.717, 1.165) is 42.5 Å². The molecule has 1 aliphatic carbocycles. The van der Waals surface area contributed by atoms with Gasteiger partial charge >= 0.3 is 5.97 Å². The van der Waals surface area contributed by atoms with Gasteiger partial charge in [-0.1, -0.05) is 13.8 Å². The summed E-state index contributed by atoms with van der Waals surface area (Å²) in [6.45, 7) is 4.04. The van der Waals surface area contributed by atoms with Gasteiger partial charge in [0.25, 0.3) is 11.8 Å². The Kier molecular flexibility index (Phi) is 8.71. The molecule has 9 nitrogen and oxygen atoms in total. The van der Waals surface area contributed by atoms with Gasteiger partial charge in [0.05, 0.1) is 18.7 Å². The van der Waals surface area contributed by atoms with E-state index < -0.39 is 22.5 Å². The lowest BCUT2D eigenvalue weighted by Crippen LogP contribution is -2.32. The second-order valence-electron chi connectivity index (χ2n) is 9.11. The Labute approximate surface area is 204 Å². The molecule has 0 bridgehead atoms. The van der Waals surface area contributed by atoms with E-state index in [-0.39, 0.29) is 38.2 Å². The Morgan fingerprint density at radius 3 is 2.53 bits per heavy atom. The molecule has 1 fully saturated rings. The summed E-state index contributed by atoms with van der Waals surface area (Å²) in [5.74, 6) is -1.12. The number of hydrogen-bond acceptors (Lipinski definition) is 8. The highest BCUT2D eigenvalue weighted by atomic mass is 32.1. The molecule has 0 atom stereocenters. The quantitative estimate of drug-likeness (QED) is 0.181. The fourth-order valence-corrected chi connectivity index (χ4v) is 3.92. The van der Waals surface area contributed by atoms with Crippen LogP contribution in [0.4, 0.5) is 0 Å². The SMILES string of the molecule is CC(C)(S)CC(=O)N/N=C1\CCCCc2cc(OCCCC(=O)ON3C(=O)CCC3=O)ccc21. The van der Waals surface area contributed by atoms with Crippen molar-refractivity contribution in [3.63, 3.8) is 0 Å². The molecule has 3 rings (SSSR count). The zero-order chi connectivity index (χ0) is 24.7. The van der Waals surface area contributed by atoms with Gasteiger partial charge in [-0.2, -0.15) is 17.7 Å². The summed E-state index contributed by atoms with van der Waals surface area (Å²) in [5, 5.41) is 4.94. The van der Waals surface area contributed by atoms with Crippen LogP contribution in [0.2, 0.25) is 0 Å². The van der Waals surface area contributed by atoms with Crippen molar-refractivity contribution in [3.8, 4) is 5.75 Å². The van der Waals surface area contributed by atoms with Crippen LogP contribution in [-0.4, -0.2) is 45.8 Å². The Bertz CT molecular complexity index is 969. The third-order valence-electron chi connectivity index (χ3n) is 5.40. The lowest BCUT2D eigenvalue weighted by Gasteiger charge is -2.16. The lowest BCUT2D eigenvalue weighted by molar-refractivity contribution is -0.197. The van der Waals surface area contributed by atoms with Gasteiger partial charge in [0.15, 0.2) is 0 Å². The van der Waals surface area contributed by atoms with E-state index in [0.29, 0.717) is 17.2 Å². The van der Waals surface area contributed by atoms with Crippen LogP contribution < -0.4 is 10.2 Å². The molecule has 0 unspecified atom stereocenters. The number of carbonyl (C=O) groups excluding carboxylic acids is 4. The van der Waals surface area contributed by atoms with Crippen LogP contribution in [0.25, 0.3) is 0 Å². The summed E-state index contributed by atoms with van der Waals surface area (Å²) in [4.78, 5) is 51.9. The van der Waals surface area contributed by atoms with E-state index >= 15 is 0 Å². The largest absolute Gasteiger partial charge is 0.494 e. The predicted octanol–water partition coefficient (Wildman–Crippen LogP) is 3.10. The van der Waals surface area contributed by atoms with Crippen LogP contribution in [0, 0.1) is 0 Å². The van der Waals surface area contributed by atoms with Gasteiger partial charge in [0, 0.05) is 29.6 Å². The van der Waals surface area contributed by atoms with Crippen molar-refractivity contribution in [2.45, 2.75) is 76.4 Å². The first-order chi connectivity index (χ1) is 16.1. The van der Waals surface area contributed by atoms with Crippen molar-refractivity contribution >= 4 is 42.0 Å². The topological polar surface area (TPSA) is 114 Å². The fraction of sp³-hybridized carbons (Fsp3) is 0.542. The molecule has 10 heteroatoms. The average molecular weight is 490 g/mol. The van der Waals surface area contributed by atoms with Gasteiger partial charge in [-0.3, -0.25) is 14.4 Å². The predicted molar refractivity (Wildman–Crippen MR) is 128 cm³/mol. The normalized spacial score (nSPS) is 17.4. The minimum atomic E-state index is -0.640. The molecule has 2 aliphatic rings. The second-order valence-corrected chi connectivity index (χ2v) is 10.3. The summed E-state index contributed by atoms with van der Waals surface area (Å²) in [6.07, 6.45) is 4.46. The second kappa shape index (κ2) is 11.5. The monoisotopic (exact) mass is 489 g/mol. The molecular formula is C24H31N3O6S. The molecule has 0 saturated carbocycles. The van der Waals surface area contributed by atoms with Crippen LogP contribution >= 0.6 is 12.6 Å². The van der Waals surface area contributed by atoms with E-state index in [1.165, 1.54) is 0 Å². The summed E-state index contributed by atoms with van der Waals surface area (Å²) >= 11 is 4.39. The van der Waals surface area contributed by atoms with Crippen molar-refractivity contribution < 1.29 is 28.8 Å². The molecule has 34 heavy (non-hydrogen) atoms. The van der Waals surface area contributed by atoms with Gasteiger partial charge in [0.1, 0.15) is 5.75 Å². The Balaban J connectivity index is 1.52. The average Bonchev–Trinajstić information content (AvgIpc) is 2.96. The highest BCUT2D eigenvalue weighted by Crippen LogP contribution is 2.26. The van der Waals surface area contributed by atoms with Crippen molar-refractivity contribution in [3.05, 3.63) is 29.3 Å². The van der Waals surface area contributed by atoms with Crippen molar-refractivity contribution in [2.75, 3.05) is 6.61 Å². The van der Waals surface area contributed by atoms with E-state index in [2.05, 4.69) is 23.2 Å². The summed E-state index contributed by atoms with van der Waals surface area (Å²) in [6, 6.07) is 5.76. The van der Waals surface area contributed by atoms with Gasteiger partial charge in [-0.15, -0.1) is 5.06 Å². The molecule has 1 aliphatic heterocycles. The summed E-state index contributed by atoms with van der Waals surface area (Å²) < 4.78 is 5.39. The van der Waals surface area contributed by atoms with Gasteiger partial charge < -0.3 is 9.57 Å². The van der Waals surface area contributed by atoms with Crippen molar-refractivity contribution in [2.24, 2.45) is 5.10 Å². The Hall–Kier alpha value is -2.88.